The molecule has 1 fully saturated rings. The van der Waals surface area contributed by atoms with Crippen LogP contribution in [0.25, 0.3) is 0 Å². The van der Waals surface area contributed by atoms with E-state index >= 15 is 0 Å². The highest BCUT2D eigenvalue weighted by Crippen LogP contribution is 2.22. The van der Waals surface area contributed by atoms with Crippen molar-refractivity contribution in [1.82, 2.24) is 24.6 Å². The van der Waals surface area contributed by atoms with Gasteiger partial charge in [-0.3, -0.25) is 4.68 Å². The van der Waals surface area contributed by atoms with Gasteiger partial charge >= 0.3 is 0 Å². The summed E-state index contributed by atoms with van der Waals surface area (Å²) < 4.78 is 1.63. The molecule has 0 aliphatic carbocycles. The number of aryl methyl sites for hydroxylation is 2. The molecular formula is C15H20N8. The predicted molar refractivity (Wildman–Crippen MR) is 87.7 cm³/mol. The van der Waals surface area contributed by atoms with Crippen LogP contribution in [0.1, 0.15) is 11.4 Å². The lowest BCUT2D eigenvalue weighted by Crippen LogP contribution is -2.44. The fourth-order valence-electron chi connectivity index (χ4n) is 2.60. The second kappa shape index (κ2) is 6.22. The summed E-state index contributed by atoms with van der Waals surface area (Å²) in [4.78, 5) is 13.5. The van der Waals surface area contributed by atoms with Crippen LogP contribution >= 0.6 is 0 Å². The van der Waals surface area contributed by atoms with E-state index in [-0.39, 0.29) is 0 Å². The number of nitriles is 1. The minimum Gasteiger partial charge on any atom is -0.354 e. The first-order valence-electron chi connectivity index (χ1n) is 7.55. The van der Waals surface area contributed by atoms with Crippen LogP contribution in [0.4, 0.5) is 17.5 Å². The number of likely N-dealkylation sites (N-methyl/N-ethyl adjacent to an activating group) is 1. The fraction of sp³-hybridized carbons (Fsp3) is 0.467. The van der Waals surface area contributed by atoms with E-state index in [1.807, 2.05) is 13.0 Å². The Labute approximate surface area is 135 Å². The summed E-state index contributed by atoms with van der Waals surface area (Å²) in [6.07, 6.45) is 1.54. The Hall–Kier alpha value is -2.66. The highest BCUT2D eigenvalue weighted by Gasteiger charge is 2.17. The third kappa shape index (κ3) is 3.24. The van der Waals surface area contributed by atoms with E-state index in [9.17, 15) is 0 Å². The van der Waals surface area contributed by atoms with Crippen molar-refractivity contribution in [1.29, 1.82) is 5.26 Å². The Bertz CT molecular complexity index is 736. The Morgan fingerprint density at radius 1 is 1.17 bits per heavy atom. The average Bonchev–Trinajstić information content (AvgIpc) is 2.88. The number of rotatable bonds is 3. The van der Waals surface area contributed by atoms with Crippen molar-refractivity contribution in [3.05, 3.63) is 23.7 Å². The van der Waals surface area contributed by atoms with E-state index in [2.05, 4.69) is 43.3 Å². The van der Waals surface area contributed by atoms with E-state index in [1.165, 1.54) is 6.20 Å². The van der Waals surface area contributed by atoms with Gasteiger partial charge in [0.25, 0.3) is 0 Å². The summed E-state index contributed by atoms with van der Waals surface area (Å²) >= 11 is 0. The molecule has 23 heavy (non-hydrogen) atoms. The number of nitrogens with zero attached hydrogens (tertiary/aromatic N) is 7. The molecule has 0 amide bonds. The van der Waals surface area contributed by atoms with Gasteiger partial charge in [0.05, 0.1) is 6.20 Å². The van der Waals surface area contributed by atoms with Crippen molar-refractivity contribution in [3.8, 4) is 6.07 Å². The molecule has 8 nitrogen and oxygen atoms in total. The molecule has 120 valence electrons. The van der Waals surface area contributed by atoms with Crippen molar-refractivity contribution in [2.24, 2.45) is 7.05 Å². The first-order valence-corrected chi connectivity index (χ1v) is 7.55. The number of piperazine rings is 1. The van der Waals surface area contributed by atoms with Crippen LogP contribution in [0.5, 0.6) is 0 Å². The van der Waals surface area contributed by atoms with Crippen LogP contribution in [0.2, 0.25) is 0 Å². The van der Waals surface area contributed by atoms with Crippen LogP contribution in [0, 0.1) is 18.3 Å². The summed E-state index contributed by atoms with van der Waals surface area (Å²) in [6.45, 7) is 5.81. The Balaban J connectivity index is 1.86. The van der Waals surface area contributed by atoms with Crippen LogP contribution < -0.4 is 10.2 Å². The topological polar surface area (TPSA) is 85.9 Å². The van der Waals surface area contributed by atoms with Gasteiger partial charge in [-0.05, 0) is 14.0 Å². The molecule has 1 aliphatic heterocycles. The zero-order chi connectivity index (χ0) is 16.4. The standard InChI is InChI=1S/C15H20N8/c1-11-18-13(20-15-12(9-16)10-17-22(15)3)8-14(19-11)23-6-4-21(2)5-7-23/h8,10H,4-7H2,1-3H3,(H,18,19,20). The van der Waals surface area contributed by atoms with Gasteiger partial charge in [-0.25, -0.2) is 9.97 Å². The molecule has 2 aromatic heterocycles. The zero-order valence-electron chi connectivity index (χ0n) is 13.6. The molecular weight excluding hydrogens is 292 g/mol. The Morgan fingerprint density at radius 3 is 2.61 bits per heavy atom. The normalized spacial score (nSPS) is 15.5. The number of hydrogen-bond donors (Lipinski definition) is 1. The minimum atomic E-state index is 0.491. The molecule has 0 saturated carbocycles. The third-order valence-corrected chi connectivity index (χ3v) is 3.96. The van der Waals surface area contributed by atoms with Gasteiger partial charge in [0, 0.05) is 39.3 Å². The molecule has 0 unspecified atom stereocenters. The van der Waals surface area contributed by atoms with E-state index in [4.69, 9.17) is 5.26 Å². The summed E-state index contributed by atoms with van der Waals surface area (Å²) in [6, 6.07) is 4.05. The lowest BCUT2D eigenvalue weighted by molar-refractivity contribution is 0.312. The van der Waals surface area contributed by atoms with Crippen LogP contribution in [0.15, 0.2) is 12.3 Å². The molecule has 0 atom stereocenters. The SMILES string of the molecule is Cc1nc(Nc2c(C#N)cnn2C)cc(N2CCN(C)CC2)n1. The summed E-state index contributed by atoms with van der Waals surface area (Å²) in [5, 5.41) is 16.4. The molecule has 1 aliphatic rings. The average molecular weight is 312 g/mol. The number of anilines is 3. The molecule has 1 N–H and O–H groups in total. The molecule has 0 spiro atoms. The largest absolute Gasteiger partial charge is 0.354 e. The second-order valence-electron chi connectivity index (χ2n) is 5.72. The number of aromatic nitrogens is 4. The van der Waals surface area contributed by atoms with Crippen molar-refractivity contribution >= 4 is 17.5 Å². The zero-order valence-corrected chi connectivity index (χ0v) is 13.6. The maximum atomic E-state index is 9.16. The summed E-state index contributed by atoms with van der Waals surface area (Å²) in [5.41, 5.74) is 0.491. The first kappa shape index (κ1) is 15.2. The van der Waals surface area contributed by atoms with E-state index in [0.29, 0.717) is 23.0 Å². The molecule has 2 aromatic rings. The van der Waals surface area contributed by atoms with Gasteiger partial charge < -0.3 is 15.1 Å². The van der Waals surface area contributed by atoms with E-state index < -0.39 is 0 Å². The van der Waals surface area contributed by atoms with Gasteiger partial charge in [0.1, 0.15) is 34.9 Å². The fourth-order valence-corrected chi connectivity index (χ4v) is 2.60. The van der Waals surface area contributed by atoms with Crippen LogP contribution in [-0.4, -0.2) is 57.9 Å². The number of hydrogen-bond acceptors (Lipinski definition) is 7. The Kier molecular flexibility index (Phi) is 4.12. The molecule has 1 saturated heterocycles. The highest BCUT2D eigenvalue weighted by molar-refractivity contribution is 5.62. The van der Waals surface area contributed by atoms with Gasteiger partial charge in [-0.15, -0.1) is 0 Å². The second-order valence-corrected chi connectivity index (χ2v) is 5.72. The van der Waals surface area contributed by atoms with Crippen molar-refractivity contribution < 1.29 is 0 Å². The van der Waals surface area contributed by atoms with Crippen molar-refractivity contribution in [2.45, 2.75) is 6.92 Å². The summed E-state index contributed by atoms with van der Waals surface area (Å²) in [5.74, 6) is 2.92. The van der Waals surface area contributed by atoms with Gasteiger partial charge in [0.2, 0.25) is 0 Å². The molecule has 0 radical (unpaired) electrons. The van der Waals surface area contributed by atoms with E-state index in [1.54, 1.807) is 11.7 Å². The van der Waals surface area contributed by atoms with E-state index in [0.717, 1.165) is 32.0 Å². The smallest absolute Gasteiger partial charge is 0.147 e. The molecule has 0 aromatic carbocycles. The molecule has 8 heteroatoms. The van der Waals surface area contributed by atoms with Crippen LogP contribution in [-0.2, 0) is 7.05 Å². The molecule has 0 bridgehead atoms. The monoisotopic (exact) mass is 312 g/mol. The quantitative estimate of drug-likeness (QED) is 0.900. The Morgan fingerprint density at radius 2 is 1.91 bits per heavy atom. The lowest BCUT2D eigenvalue weighted by Gasteiger charge is -2.33. The molecule has 3 heterocycles. The first-order chi connectivity index (χ1) is 11.1. The van der Waals surface area contributed by atoms with Crippen LogP contribution in [0.3, 0.4) is 0 Å². The van der Waals surface area contributed by atoms with Gasteiger partial charge in [-0.2, -0.15) is 10.4 Å². The van der Waals surface area contributed by atoms with Gasteiger partial charge in [-0.1, -0.05) is 0 Å². The summed E-state index contributed by atoms with van der Waals surface area (Å²) in [7, 11) is 3.92. The molecule has 3 rings (SSSR count). The van der Waals surface area contributed by atoms with Gasteiger partial charge in [0.15, 0.2) is 0 Å². The third-order valence-electron chi connectivity index (χ3n) is 3.96. The predicted octanol–water partition coefficient (Wildman–Crippen LogP) is 0.886. The highest BCUT2D eigenvalue weighted by atomic mass is 15.3. The maximum Gasteiger partial charge on any atom is 0.147 e. The lowest BCUT2D eigenvalue weighted by atomic mass is 10.3. The van der Waals surface area contributed by atoms with Crippen molar-refractivity contribution in [3.63, 3.8) is 0 Å². The van der Waals surface area contributed by atoms with Crippen molar-refractivity contribution in [2.75, 3.05) is 43.4 Å². The number of nitrogens with one attached hydrogen (secondary N) is 1. The minimum absolute atomic E-state index is 0.491. The maximum absolute atomic E-state index is 9.16.